The standard InChI is InChI=1S/C11H20N2O5/c1-11(2,3)18-9(14)13-6-5-12-8(7-13)17-10(15)16-4/h8,12H,5-7H2,1-4H3/t8-/m0/s1. The Morgan fingerprint density at radius 3 is 2.56 bits per heavy atom. The lowest BCUT2D eigenvalue weighted by atomic mass is 10.2. The maximum atomic E-state index is 11.8. The summed E-state index contributed by atoms with van der Waals surface area (Å²) in [6.07, 6.45) is -1.76. The first-order valence-corrected chi connectivity index (χ1v) is 5.78. The fraction of sp³-hybridized carbons (Fsp3) is 0.818. The summed E-state index contributed by atoms with van der Waals surface area (Å²) in [5.74, 6) is 0. The van der Waals surface area contributed by atoms with E-state index in [1.165, 1.54) is 12.0 Å². The van der Waals surface area contributed by atoms with E-state index >= 15 is 0 Å². The molecule has 1 fully saturated rings. The van der Waals surface area contributed by atoms with Gasteiger partial charge in [0, 0.05) is 13.1 Å². The van der Waals surface area contributed by atoms with Crippen LogP contribution < -0.4 is 5.32 Å². The molecule has 0 spiro atoms. The Hall–Kier alpha value is -1.50. The molecule has 1 aliphatic rings. The molecule has 0 radical (unpaired) electrons. The summed E-state index contributed by atoms with van der Waals surface area (Å²) in [5, 5.41) is 2.96. The van der Waals surface area contributed by atoms with Crippen LogP contribution in [-0.4, -0.2) is 55.7 Å². The van der Waals surface area contributed by atoms with Crippen molar-refractivity contribution in [1.82, 2.24) is 10.2 Å². The zero-order valence-corrected chi connectivity index (χ0v) is 11.2. The van der Waals surface area contributed by atoms with Gasteiger partial charge in [0.1, 0.15) is 5.60 Å². The number of carbonyl (C=O) groups is 2. The molecule has 18 heavy (non-hydrogen) atoms. The van der Waals surface area contributed by atoms with Crippen molar-refractivity contribution in [3.05, 3.63) is 0 Å². The minimum Gasteiger partial charge on any atom is -0.444 e. The normalized spacial score (nSPS) is 20.2. The molecule has 1 N–H and O–H groups in total. The van der Waals surface area contributed by atoms with Crippen molar-refractivity contribution in [3.8, 4) is 0 Å². The Morgan fingerprint density at radius 2 is 2.00 bits per heavy atom. The average Bonchev–Trinajstić information content (AvgIpc) is 2.27. The van der Waals surface area contributed by atoms with Crippen LogP contribution in [0.3, 0.4) is 0 Å². The van der Waals surface area contributed by atoms with Crippen LogP contribution in [0, 0.1) is 0 Å². The van der Waals surface area contributed by atoms with E-state index in [-0.39, 0.29) is 6.54 Å². The van der Waals surface area contributed by atoms with E-state index in [0.29, 0.717) is 13.1 Å². The van der Waals surface area contributed by atoms with Gasteiger partial charge in [0.15, 0.2) is 6.23 Å². The van der Waals surface area contributed by atoms with Crippen molar-refractivity contribution in [2.24, 2.45) is 0 Å². The first-order valence-electron chi connectivity index (χ1n) is 5.78. The van der Waals surface area contributed by atoms with Gasteiger partial charge in [-0.1, -0.05) is 0 Å². The number of amides is 1. The predicted octanol–water partition coefficient (Wildman–Crippen LogP) is 0.936. The Kier molecular flexibility index (Phi) is 4.77. The highest BCUT2D eigenvalue weighted by Gasteiger charge is 2.29. The van der Waals surface area contributed by atoms with E-state index in [9.17, 15) is 9.59 Å². The Balaban J connectivity index is 2.48. The number of hydrogen-bond acceptors (Lipinski definition) is 6. The van der Waals surface area contributed by atoms with Crippen LogP contribution in [0.25, 0.3) is 0 Å². The third-order valence-corrected chi connectivity index (χ3v) is 2.20. The maximum Gasteiger partial charge on any atom is 0.509 e. The van der Waals surface area contributed by atoms with Gasteiger partial charge in [0.2, 0.25) is 0 Å². The minimum absolute atomic E-state index is 0.240. The molecule has 0 aromatic carbocycles. The van der Waals surface area contributed by atoms with E-state index in [2.05, 4.69) is 10.1 Å². The summed E-state index contributed by atoms with van der Waals surface area (Å²) < 4.78 is 14.6. The van der Waals surface area contributed by atoms with Crippen LogP contribution in [0.4, 0.5) is 9.59 Å². The van der Waals surface area contributed by atoms with E-state index in [1.54, 1.807) is 20.8 Å². The number of carbonyl (C=O) groups excluding carboxylic acids is 2. The molecular weight excluding hydrogens is 240 g/mol. The zero-order valence-electron chi connectivity index (χ0n) is 11.2. The second-order valence-electron chi connectivity index (χ2n) is 4.94. The highest BCUT2D eigenvalue weighted by molar-refractivity contribution is 5.68. The third-order valence-electron chi connectivity index (χ3n) is 2.20. The maximum absolute atomic E-state index is 11.8. The number of ether oxygens (including phenoxy) is 3. The smallest absolute Gasteiger partial charge is 0.444 e. The zero-order chi connectivity index (χ0) is 13.8. The van der Waals surface area contributed by atoms with Gasteiger partial charge in [-0.15, -0.1) is 0 Å². The molecule has 1 atom stereocenters. The molecule has 7 nitrogen and oxygen atoms in total. The molecule has 0 aromatic rings. The third kappa shape index (κ3) is 4.79. The predicted molar refractivity (Wildman–Crippen MR) is 63.1 cm³/mol. The Bertz CT molecular complexity index is 313. The van der Waals surface area contributed by atoms with E-state index in [1.807, 2.05) is 0 Å². The highest BCUT2D eigenvalue weighted by atomic mass is 16.7. The van der Waals surface area contributed by atoms with Crippen molar-refractivity contribution < 1.29 is 23.8 Å². The topological polar surface area (TPSA) is 77.1 Å². The van der Waals surface area contributed by atoms with Gasteiger partial charge in [0.25, 0.3) is 0 Å². The summed E-state index contributed by atoms with van der Waals surface area (Å²) in [7, 11) is 1.23. The average molecular weight is 260 g/mol. The van der Waals surface area contributed by atoms with Gasteiger partial charge in [0.05, 0.1) is 13.7 Å². The van der Waals surface area contributed by atoms with E-state index in [0.717, 1.165) is 0 Å². The molecular formula is C11H20N2O5. The molecule has 1 rings (SSSR count). The molecule has 0 unspecified atom stereocenters. The summed E-state index contributed by atoms with van der Waals surface area (Å²) >= 11 is 0. The number of rotatable bonds is 1. The van der Waals surface area contributed by atoms with Crippen LogP contribution in [0.2, 0.25) is 0 Å². The van der Waals surface area contributed by atoms with E-state index < -0.39 is 24.1 Å². The molecule has 104 valence electrons. The van der Waals surface area contributed by atoms with Crippen molar-refractivity contribution in [3.63, 3.8) is 0 Å². The molecule has 0 aliphatic carbocycles. The largest absolute Gasteiger partial charge is 0.509 e. The number of nitrogens with zero attached hydrogens (tertiary/aromatic N) is 1. The van der Waals surface area contributed by atoms with Crippen LogP contribution >= 0.6 is 0 Å². The monoisotopic (exact) mass is 260 g/mol. The van der Waals surface area contributed by atoms with Crippen LogP contribution in [-0.2, 0) is 14.2 Å². The van der Waals surface area contributed by atoms with Gasteiger partial charge in [-0.05, 0) is 20.8 Å². The van der Waals surface area contributed by atoms with Crippen molar-refractivity contribution in [2.75, 3.05) is 26.7 Å². The SMILES string of the molecule is COC(=O)O[C@H]1CN(C(=O)OC(C)(C)C)CCN1. The first kappa shape index (κ1) is 14.6. The van der Waals surface area contributed by atoms with E-state index in [4.69, 9.17) is 9.47 Å². The van der Waals surface area contributed by atoms with Crippen molar-refractivity contribution in [2.45, 2.75) is 32.6 Å². The fourth-order valence-corrected chi connectivity index (χ4v) is 1.45. The molecule has 0 saturated carbocycles. The van der Waals surface area contributed by atoms with Gasteiger partial charge >= 0.3 is 12.2 Å². The second kappa shape index (κ2) is 5.90. The summed E-state index contributed by atoms with van der Waals surface area (Å²) in [6, 6.07) is 0. The Labute approximate surface area is 106 Å². The Morgan fingerprint density at radius 1 is 1.33 bits per heavy atom. The number of hydrogen-bond donors (Lipinski definition) is 1. The molecule has 0 bridgehead atoms. The van der Waals surface area contributed by atoms with Crippen molar-refractivity contribution in [1.29, 1.82) is 0 Å². The second-order valence-corrected chi connectivity index (χ2v) is 4.94. The summed E-state index contributed by atoms with van der Waals surface area (Å²) in [6.45, 7) is 6.68. The minimum atomic E-state index is -0.779. The van der Waals surface area contributed by atoms with Gasteiger partial charge in [-0.2, -0.15) is 0 Å². The summed E-state index contributed by atoms with van der Waals surface area (Å²) in [4.78, 5) is 24.3. The lowest BCUT2D eigenvalue weighted by molar-refractivity contribution is -0.0217. The molecule has 1 aliphatic heterocycles. The molecule has 0 aromatic heterocycles. The molecule has 1 heterocycles. The highest BCUT2D eigenvalue weighted by Crippen LogP contribution is 2.11. The van der Waals surface area contributed by atoms with Crippen molar-refractivity contribution >= 4 is 12.2 Å². The van der Waals surface area contributed by atoms with Gasteiger partial charge in [-0.25, -0.2) is 9.59 Å². The molecule has 1 saturated heterocycles. The van der Waals surface area contributed by atoms with Gasteiger partial charge < -0.3 is 19.1 Å². The first-order chi connectivity index (χ1) is 8.31. The molecule has 1 amide bonds. The summed E-state index contributed by atoms with van der Waals surface area (Å²) in [5.41, 5.74) is -0.541. The lowest BCUT2D eigenvalue weighted by Gasteiger charge is -2.33. The number of methoxy groups -OCH3 is 1. The van der Waals surface area contributed by atoms with Crippen LogP contribution in [0.5, 0.6) is 0 Å². The fourth-order valence-electron chi connectivity index (χ4n) is 1.45. The number of nitrogens with one attached hydrogen (secondary N) is 1. The lowest BCUT2D eigenvalue weighted by Crippen LogP contribution is -2.55. The van der Waals surface area contributed by atoms with Crippen LogP contribution in [0.1, 0.15) is 20.8 Å². The van der Waals surface area contributed by atoms with Gasteiger partial charge in [-0.3, -0.25) is 5.32 Å². The quantitative estimate of drug-likeness (QED) is 0.707. The number of piperazine rings is 1. The molecule has 7 heteroatoms. The van der Waals surface area contributed by atoms with Crippen LogP contribution in [0.15, 0.2) is 0 Å².